The molecule has 0 aliphatic heterocycles. The Morgan fingerprint density at radius 3 is 1.32 bits per heavy atom. The molecule has 0 aromatic carbocycles. The Kier molecular flexibility index (Phi) is 22.5. The van der Waals surface area contributed by atoms with Crippen molar-refractivity contribution in [3.63, 3.8) is 0 Å². The van der Waals surface area contributed by atoms with Gasteiger partial charge in [-0.25, -0.2) is 0 Å². The van der Waals surface area contributed by atoms with Crippen LogP contribution in [0.3, 0.4) is 0 Å². The van der Waals surface area contributed by atoms with Crippen LogP contribution in [-0.4, -0.2) is 62.5 Å². The number of aliphatic carboxylic acids is 1. The van der Waals surface area contributed by atoms with E-state index in [0.29, 0.717) is 6.42 Å². The second-order valence-corrected chi connectivity index (χ2v) is 5.39. The first-order valence-electron chi connectivity index (χ1n) is 7.99. The van der Waals surface area contributed by atoms with E-state index in [-0.39, 0.29) is 51.4 Å². The van der Waals surface area contributed by atoms with Crippen LogP contribution >= 0.6 is 0 Å². The van der Waals surface area contributed by atoms with E-state index in [1.165, 1.54) is 70.6 Å². The monoisotopic (exact) mass is 295 g/mol. The molecule has 2 nitrogen and oxygen atoms in total. The third-order valence-electron chi connectivity index (χ3n) is 3.49. The normalized spacial score (nSPS) is 10.2. The second-order valence-electron chi connectivity index (χ2n) is 5.39. The largest absolute Gasteiger partial charge is 0.481 e. The van der Waals surface area contributed by atoms with E-state index in [1.54, 1.807) is 0 Å². The Morgan fingerprint density at radius 2 is 1.00 bits per heavy atom. The Balaban J connectivity index is 0. The van der Waals surface area contributed by atoms with Gasteiger partial charge in [0.2, 0.25) is 0 Å². The maximum absolute atomic E-state index is 10.3. The van der Waals surface area contributed by atoms with Crippen molar-refractivity contribution in [2.24, 2.45) is 0 Å². The fourth-order valence-electron chi connectivity index (χ4n) is 2.29. The maximum Gasteiger partial charge on any atom is 0.303 e. The number of carbonyl (C=O) groups is 1. The molecule has 109 valence electrons. The van der Waals surface area contributed by atoms with Crippen LogP contribution in [0.15, 0.2) is 0 Å². The molecule has 3 heteroatoms. The molecule has 1 N–H and O–H groups in total. The second kappa shape index (κ2) is 19.1. The van der Waals surface area contributed by atoms with Crippen LogP contribution in [0.2, 0.25) is 0 Å². The first-order valence-corrected chi connectivity index (χ1v) is 7.99. The third kappa shape index (κ3) is 21.6. The summed E-state index contributed by atoms with van der Waals surface area (Å²) in [6.07, 6.45) is 17.3. The van der Waals surface area contributed by atoms with E-state index >= 15 is 0 Å². The summed E-state index contributed by atoms with van der Waals surface area (Å²) in [6, 6.07) is 0. The van der Waals surface area contributed by atoms with Gasteiger partial charge in [-0.2, -0.15) is 0 Å². The van der Waals surface area contributed by atoms with E-state index in [4.69, 9.17) is 5.11 Å². The smallest absolute Gasteiger partial charge is 0.303 e. The molecule has 0 saturated carbocycles. The summed E-state index contributed by atoms with van der Waals surface area (Å²) in [5.74, 6) is -0.655. The molecule has 0 unspecified atom stereocenters. The van der Waals surface area contributed by atoms with Gasteiger partial charge in [-0.05, 0) is 6.42 Å². The average molecular weight is 296 g/mol. The molecular weight excluding hydrogens is 263 g/mol. The molecule has 0 fully saturated rings. The minimum atomic E-state index is -0.655. The minimum Gasteiger partial charge on any atom is -0.481 e. The first kappa shape index (κ1) is 22.4. The van der Waals surface area contributed by atoms with E-state index in [2.05, 4.69) is 6.92 Å². The summed E-state index contributed by atoms with van der Waals surface area (Å²) in [6.45, 7) is 2.26. The van der Waals surface area contributed by atoms with Crippen molar-refractivity contribution in [3.8, 4) is 0 Å². The maximum atomic E-state index is 10.3. The van der Waals surface area contributed by atoms with Gasteiger partial charge in [-0.1, -0.05) is 84.0 Å². The van der Waals surface area contributed by atoms with Gasteiger partial charge in [0.15, 0.2) is 0 Å². The van der Waals surface area contributed by atoms with Crippen molar-refractivity contribution < 1.29 is 9.90 Å². The topological polar surface area (TPSA) is 37.3 Å². The molecule has 0 aliphatic rings. The van der Waals surface area contributed by atoms with Crippen LogP contribution in [0.25, 0.3) is 0 Å². The van der Waals surface area contributed by atoms with Crippen molar-refractivity contribution in [1.82, 2.24) is 0 Å². The number of hydrogen-bond acceptors (Lipinski definition) is 1. The van der Waals surface area contributed by atoms with Crippen molar-refractivity contribution in [1.29, 1.82) is 0 Å². The molecule has 0 amide bonds. The predicted molar refractivity (Wildman–Crippen MR) is 83.7 cm³/mol. The van der Waals surface area contributed by atoms with E-state index in [9.17, 15) is 4.79 Å². The van der Waals surface area contributed by atoms with Crippen LogP contribution in [-0.2, 0) is 4.79 Å². The Bertz CT molecular complexity index is 184. The zero-order valence-electron chi connectivity index (χ0n) is 13.3. The summed E-state index contributed by atoms with van der Waals surface area (Å²) in [5.41, 5.74) is 0. The first-order chi connectivity index (χ1) is 8.77. The van der Waals surface area contributed by atoms with Gasteiger partial charge in [0.1, 0.15) is 0 Å². The molecule has 0 rings (SSSR count). The predicted octanol–water partition coefficient (Wildman–Crippen LogP) is 5.17. The van der Waals surface area contributed by atoms with Gasteiger partial charge in [0, 0.05) is 57.8 Å². The minimum absolute atomic E-state index is 0. The fraction of sp³-hybridized carbons (Fsp3) is 0.938. The molecule has 0 spiro atoms. The van der Waals surface area contributed by atoms with Gasteiger partial charge in [0.05, 0.1) is 0 Å². The zero-order valence-corrected chi connectivity index (χ0v) is 16.4. The Hall–Kier alpha value is 1.11. The Morgan fingerprint density at radius 1 is 0.684 bits per heavy atom. The van der Waals surface area contributed by atoms with Crippen LogP contribution in [0, 0.1) is 0 Å². The summed E-state index contributed by atoms with van der Waals surface area (Å²) >= 11 is 0. The Labute approximate surface area is 162 Å². The van der Waals surface area contributed by atoms with E-state index < -0.39 is 5.97 Å². The summed E-state index contributed by atoms with van der Waals surface area (Å²) in [5, 5.41) is 8.49. The van der Waals surface area contributed by atoms with Crippen LogP contribution in [0.1, 0.15) is 96.8 Å². The molecule has 0 atom stereocenters. The SMILES string of the molecule is CCCCCCCCCCCCCCCC(=O)O.[K]. The average Bonchev–Trinajstić information content (AvgIpc) is 2.34. The fourth-order valence-corrected chi connectivity index (χ4v) is 2.29. The van der Waals surface area contributed by atoms with Gasteiger partial charge < -0.3 is 5.11 Å². The molecule has 19 heavy (non-hydrogen) atoms. The van der Waals surface area contributed by atoms with Gasteiger partial charge in [0.25, 0.3) is 0 Å². The molecule has 0 saturated heterocycles. The molecule has 1 radical (unpaired) electrons. The van der Waals surface area contributed by atoms with Crippen molar-refractivity contribution in [2.45, 2.75) is 96.8 Å². The van der Waals surface area contributed by atoms with Gasteiger partial charge >= 0.3 is 5.97 Å². The quantitative estimate of drug-likeness (QED) is 0.354. The van der Waals surface area contributed by atoms with Crippen LogP contribution < -0.4 is 0 Å². The van der Waals surface area contributed by atoms with Crippen molar-refractivity contribution in [2.75, 3.05) is 0 Å². The van der Waals surface area contributed by atoms with Crippen LogP contribution in [0.5, 0.6) is 0 Å². The summed E-state index contributed by atoms with van der Waals surface area (Å²) in [7, 11) is 0. The number of hydrogen-bond donors (Lipinski definition) is 1. The van der Waals surface area contributed by atoms with Gasteiger partial charge in [-0.15, -0.1) is 0 Å². The number of carboxylic acids is 1. The molecule has 0 aromatic rings. The van der Waals surface area contributed by atoms with Gasteiger partial charge in [-0.3, -0.25) is 4.79 Å². The summed E-state index contributed by atoms with van der Waals surface area (Å²) < 4.78 is 0. The molecule has 0 aliphatic carbocycles. The zero-order chi connectivity index (χ0) is 13.5. The molecular formula is C16H32KO2. The van der Waals surface area contributed by atoms with E-state index in [1.807, 2.05) is 0 Å². The number of carboxylic acid groups (broad SMARTS) is 1. The van der Waals surface area contributed by atoms with E-state index in [0.717, 1.165) is 12.8 Å². The van der Waals surface area contributed by atoms with Crippen molar-refractivity contribution >= 4 is 57.4 Å². The van der Waals surface area contributed by atoms with Crippen LogP contribution in [0.4, 0.5) is 0 Å². The number of rotatable bonds is 14. The molecule has 0 heterocycles. The third-order valence-corrected chi connectivity index (χ3v) is 3.49. The molecule has 0 bridgehead atoms. The van der Waals surface area contributed by atoms with Crippen molar-refractivity contribution in [3.05, 3.63) is 0 Å². The standard InChI is InChI=1S/C16H32O2.K/c1-2-3-4-5-6-7-8-9-10-11-12-13-14-15-16(17)18;/h2-15H2,1H3,(H,17,18);. The molecule has 0 aromatic heterocycles. The summed E-state index contributed by atoms with van der Waals surface area (Å²) in [4.78, 5) is 10.3. The number of unbranched alkanes of at least 4 members (excludes halogenated alkanes) is 12.